The van der Waals surface area contributed by atoms with Crippen LogP contribution in [0.5, 0.6) is 11.5 Å². The molecule has 0 radical (unpaired) electrons. The molecule has 0 heterocycles. The molecule has 3 amide bonds. The van der Waals surface area contributed by atoms with Crippen molar-refractivity contribution in [1.82, 2.24) is 5.43 Å². The maximum Gasteiger partial charge on any atom is 0.329 e. The van der Waals surface area contributed by atoms with Gasteiger partial charge in [0.25, 0.3) is 5.91 Å². The Labute approximate surface area is 221 Å². The van der Waals surface area contributed by atoms with Crippen LogP contribution in [0.3, 0.4) is 0 Å². The van der Waals surface area contributed by atoms with Gasteiger partial charge < -0.3 is 20.1 Å². The zero-order valence-corrected chi connectivity index (χ0v) is 21.8. The first-order valence-electron chi connectivity index (χ1n) is 10.9. The molecule has 0 aromatic heterocycles. The van der Waals surface area contributed by atoms with Gasteiger partial charge in [0.15, 0.2) is 18.1 Å². The van der Waals surface area contributed by atoms with Gasteiger partial charge in [-0.2, -0.15) is 5.10 Å². The predicted molar refractivity (Wildman–Crippen MR) is 142 cm³/mol. The highest BCUT2D eigenvalue weighted by Crippen LogP contribution is 2.36. The Hall–Kier alpha value is -4.25. The Bertz CT molecular complexity index is 1340. The molecule has 3 N–H and O–H groups in total. The van der Waals surface area contributed by atoms with E-state index in [1.807, 2.05) is 32.0 Å². The first-order chi connectivity index (χ1) is 17.7. The average molecular weight is 571 g/mol. The van der Waals surface area contributed by atoms with Crippen molar-refractivity contribution in [3.05, 3.63) is 81.6 Å². The minimum absolute atomic E-state index is 0.126. The number of ether oxygens (including phenoxy) is 2. The summed E-state index contributed by atoms with van der Waals surface area (Å²) in [5.41, 5.74) is 5.16. The summed E-state index contributed by atoms with van der Waals surface area (Å²) in [5.74, 6) is -2.58. The molecule has 192 valence electrons. The van der Waals surface area contributed by atoms with E-state index in [1.165, 1.54) is 31.5 Å². The van der Waals surface area contributed by atoms with Crippen molar-refractivity contribution < 1.29 is 28.2 Å². The minimum atomic E-state index is -1.08. The van der Waals surface area contributed by atoms with Crippen molar-refractivity contribution in [3.63, 3.8) is 0 Å². The summed E-state index contributed by atoms with van der Waals surface area (Å²) in [7, 11) is 1.43. The van der Waals surface area contributed by atoms with E-state index in [1.54, 1.807) is 12.1 Å². The van der Waals surface area contributed by atoms with Crippen LogP contribution in [-0.2, 0) is 14.4 Å². The first kappa shape index (κ1) is 27.3. The fourth-order valence-corrected chi connectivity index (χ4v) is 3.87. The van der Waals surface area contributed by atoms with Crippen molar-refractivity contribution in [2.24, 2.45) is 5.10 Å². The number of methoxy groups -OCH3 is 1. The van der Waals surface area contributed by atoms with E-state index in [0.29, 0.717) is 27.2 Å². The highest BCUT2D eigenvalue weighted by molar-refractivity contribution is 9.10. The molecule has 0 unspecified atom stereocenters. The Balaban J connectivity index is 1.59. The van der Waals surface area contributed by atoms with Gasteiger partial charge >= 0.3 is 11.8 Å². The zero-order chi connectivity index (χ0) is 26.9. The summed E-state index contributed by atoms with van der Waals surface area (Å²) in [4.78, 5) is 36.3. The number of nitrogens with one attached hydrogen (secondary N) is 3. The molecular weight excluding hydrogens is 547 g/mol. The maximum atomic E-state index is 13.6. The fourth-order valence-electron chi connectivity index (χ4n) is 3.29. The quantitative estimate of drug-likeness (QED) is 0.212. The van der Waals surface area contributed by atoms with Gasteiger partial charge in [0.1, 0.15) is 5.82 Å². The van der Waals surface area contributed by atoms with Crippen molar-refractivity contribution in [1.29, 1.82) is 0 Å². The Kier molecular flexibility index (Phi) is 9.33. The van der Waals surface area contributed by atoms with Crippen LogP contribution in [0.1, 0.15) is 16.7 Å². The van der Waals surface area contributed by atoms with Crippen molar-refractivity contribution in [3.8, 4) is 11.5 Å². The Morgan fingerprint density at radius 1 is 1.00 bits per heavy atom. The van der Waals surface area contributed by atoms with Crippen LogP contribution in [0, 0.1) is 19.7 Å². The third kappa shape index (κ3) is 7.87. The second-order valence-electron chi connectivity index (χ2n) is 7.88. The zero-order valence-electron chi connectivity index (χ0n) is 20.2. The lowest BCUT2D eigenvalue weighted by molar-refractivity contribution is -0.136. The number of nitrogens with zero attached hydrogens (tertiary/aromatic N) is 1. The molecule has 0 spiro atoms. The van der Waals surface area contributed by atoms with Crippen molar-refractivity contribution in [2.75, 3.05) is 24.4 Å². The van der Waals surface area contributed by atoms with Crippen LogP contribution in [0.2, 0.25) is 0 Å². The van der Waals surface area contributed by atoms with Gasteiger partial charge in [-0.05, 0) is 82.9 Å². The van der Waals surface area contributed by atoms with E-state index in [9.17, 15) is 18.8 Å². The van der Waals surface area contributed by atoms with Crippen molar-refractivity contribution in [2.45, 2.75) is 13.8 Å². The largest absolute Gasteiger partial charge is 0.493 e. The van der Waals surface area contributed by atoms with Gasteiger partial charge in [0.2, 0.25) is 0 Å². The Morgan fingerprint density at radius 2 is 1.70 bits per heavy atom. The average Bonchev–Trinajstić information content (AvgIpc) is 2.83. The lowest BCUT2D eigenvalue weighted by Crippen LogP contribution is -2.32. The summed E-state index contributed by atoms with van der Waals surface area (Å²) < 4.78 is 25.1. The molecule has 0 fully saturated rings. The number of para-hydroxylation sites is 1. The first-order valence-corrected chi connectivity index (χ1v) is 11.7. The number of hydrogen-bond acceptors (Lipinski definition) is 6. The van der Waals surface area contributed by atoms with Gasteiger partial charge in [-0.15, -0.1) is 0 Å². The van der Waals surface area contributed by atoms with Crippen LogP contribution < -0.4 is 25.5 Å². The number of hydrogen-bond donors (Lipinski definition) is 3. The second kappa shape index (κ2) is 12.6. The van der Waals surface area contributed by atoms with Crippen LogP contribution >= 0.6 is 15.9 Å². The monoisotopic (exact) mass is 570 g/mol. The van der Waals surface area contributed by atoms with Crippen LogP contribution in [0.4, 0.5) is 15.8 Å². The van der Waals surface area contributed by atoms with Crippen LogP contribution in [0.15, 0.2) is 64.2 Å². The molecule has 11 heteroatoms. The third-order valence-electron chi connectivity index (χ3n) is 4.81. The topological polar surface area (TPSA) is 118 Å². The number of benzene rings is 3. The molecule has 3 rings (SSSR count). The van der Waals surface area contributed by atoms with Gasteiger partial charge in [0.05, 0.1) is 23.5 Å². The number of rotatable bonds is 8. The number of anilines is 2. The van der Waals surface area contributed by atoms with E-state index >= 15 is 0 Å². The molecule has 9 nitrogen and oxygen atoms in total. The minimum Gasteiger partial charge on any atom is -0.493 e. The highest BCUT2D eigenvalue weighted by atomic mass is 79.9. The molecular formula is C26H24BrFN4O5. The summed E-state index contributed by atoms with van der Waals surface area (Å²) in [6.07, 6.45) is 1.28. The second-order valence-corrected chi connectivity index (χ2v) is 8.73. The van der Waals surface area contributed by atoms with E-state index in [4.69, 9.17) is 9.47 Å². The highest BCUT2D eigenvalue weighted by Gasteiger charge is 2.16. The summed E-state index contributed by atoms with van der Waals surface area (Å²) in [6, 6.07) is 14.4. The molecule has 3 aromatic rings. The fraction of sp³-hybridized carbons (Fsp3) is 0.154. The molecule has 0 aliphatic rings. The van der Waals surface area contributed by atoms with Crippen LogP contribution in [-0.4, -0.2) is 37.7 Å². The number of hydrazone groups is 1. The maximum absolute atomic E-state index is 13.6. The lowest BCUT2D eigenvalue weighted by atomic mass is 10.1. The lowest BCUT2D eigenvalue weighted by Gasteiger charge is -2.14. The number of halogens is 2. The number of aryl methyl sites for hydroxylation is 2. The predicted octanol–water partition coefficient (Wildman–Crippen LogP) is 4.32. The van der Waals surface area contributed by atoms with Gasteiger partial charge in [0, 0.05) is 5.69 Å². The van der Waals surface area contributed by atoms with Crippen LogP contribution in [0.25, 0.3) is 0 Å². The number of carbonyl (C=O) groups is 3. The molecule has 37 heavy (non-hydrogen) atoms. The SMILES string of the molecule is COc1cc(/C=N\NC(=O)C(=O)Nc2ccccc2F)cc(Br)c1OCC(=O)Nc1cc(C)cc(C)c1. The molecule has 0 bridgehead atoms. The normalized spacial score (nSPS) is 10.6. The molecule has 0 saturated carbocycles. The molecule has 0 atom stereocenters. The van der Waals surface area contributed by atoms with Crippen molar-refractivity contribution >= 4 is 51.2 Å². The van der Waals surface area contributed by atoms with Gasteiger partial charge in [-0.25, -0.2) is 9.82 Å². The molecule has 0 saturated heterocycles. The number of carbonyl (C=O) groups excluding carboxylic acids is 3. The molecule has 3 aromatic carbocycles. The molecule has 0 aliphatic heterocycles. The molecule has 0 aliphatic carbocycles. The van der Waals surface area contributed by atoms with Gasteiger partial charge in [-0.1, -0.05) is 18.2 Å². The summed E-state index contributed by atoms with van der Waals surface area (Å²) >= 11 is 3.38. The number of amides is 3. The summed E-state index contributed by atoms with van der Waals surface area (Å²) in [6.45, 7) is 3.62. The van der Waals surface area contributed by atoms with Gasteiger partial charge in [-0.3, -0.25) is 14.4 Å². The Morgan fingerprint density at radius 3 is 2.38 bits per heavy atom. The van der Waals surface area contributed by atoms with E-state index < -0.39 is 17.6 Å². The van der Waals surface area contributed by atoms with E-state index in [-0.39, 0.29) is 18.2 Å². The smallest absolute Gasteiger partial charge is 0.329 e. The van der Waals surface area contributed by atoms with E-state index in [2.05, 4.69) is 37.1 Å². The third-order valence-corrected chi connectivity index (χ3v) is 5.40. The van der Waals surface area contributed by atoms with E-state index in [0.717, 1.165) is 17.2 Å². The standard InChI is InChI=1S/C26H24BrFN4O5/c1-15-8-16(2)10-18(9-15)30-23(33)14-37-24-19(27)11-17(12-22(24)36-3)13-29-32-26(35)25(34)31-21-7-5-4-6-20(21)28/h4-13H,14H2,1-3H3,(H,30,33)(H,31,34)(H,32,35)/b29-13-. The summed E-state index contributed by atoms with van der Waals surface area (Å²) in [5, 5.41) is 8.70.